The molecule has 0 bridgehead atoms. The fraction of sp³-hybridized carbons (Fsp3) is 0.625. The van der Waals surface area contributed by atoms with Crippen LogP contribution in [0.2, 0.25) is 0 Å². The summed E-state index contributed by atoms with van der Waals surface area (Å²) in [5.41, 5.74) is 0. The lowest BCUT2D eigenvalue weighted by Crippen LogP contribution is -1.97. The molecule has 0 unspecified atom stereocenters. The summed E-state index contributed by atoms with van der Waals surface area (Å²) in [6, 6.07) is 8.05. The van der Waals surface area contributed by atoms with E-state index >= 15 is 0 Å². The molecule has 0 fully saturated rings. The largest absolute Gasteiger partial charge is 0.494 e. The molecule has 0 aliphatic rings. The molecule has 0 spiro atoms. The molecule has 1 aromatic carbocycles. The Labute approximate surface area is 120 Å². The normalized spacial score (nSPS) is 10.6. The molecule has 0 saturated heterocycles. The maximum Gasteiger partial charge on any atom is 0.120 e. The average molecular weight is 313 g/mol. The molecule has 1 nitrogen and oxygen atoms in total. The third-order valence-electron chi connectivity index (χ3n) is 3.06. The zero-order chi connectivity index (χ0) is 13.1. The molecule has 0 atom stereocenters. The summed E-state index contributed by atoms with van der Waals surface area (Å²) < 4.78 is 6.78. The number of hydrogen-bond donors (Lipinski definition) is 0. The molecule has 0 aromatic heterocycles. The molecule has 0 N–H and O–H groups in total. The van der Waals surface area contributed by atoms with Crippen LogP contribution in [0.5, 0.6) is 5.75 Å². The monoisotopic (exact) mass is 312 g/mol. The van der Waals surface area contributed by atoms with Crippen molar-refractivity contribution in [1.29, 1.82) is 0 Å². The molecule has 0 aliphatic carbocycles. The Bertz CT molecular complexity index is 312. The van der Waals surface area contributed by atoms with E-state index in [9.17, 15) is 0 Å². The van der Waals surface area contributed by atoms with Crippen molar-refractivity contribution in [1.82, 2.24) is 0 Å². The van der Waals surface area contributed by atoms with Gasteiger partial charge >= 0.3 is 0 Å². The van der Waals surface area contributed by atoms with Crippen LogP contribution in [0.1, 0.15) is 58.3 Å². The molecular weight excluding hydrogens is 288 g/mol. The third kappa shape index (κ3) is 7.75. The van der Waals surface area contributed by atoms with Crippen LogP contribution in [0.3, 0.4) is 0 Å². The summed E-state index contributed by atoms with van der Waals surface area (Å²) in [4.78, 5) is 0. The number of benzene rings is 1. The maximum absolute atomic E-state index is 5.70. The van der Waals surface area contributed by atoms with Crippen molar-refractivity contribution in [2.24, 2.45) is 0 Å². The van der Waals surface area contributed by atoms with E-state index in [4.69, 9.17) is 4.74 Å². The van der Waals surface area contributed by atoms with E-state index in [0.717, 1.165) is 16.8 Å². The minimum atomic E-state index is 0.839. The predicted octanol–water partition coefficient (Wildman–Crippen LogP) is 5.97. The SMILES string of the molecule is CCCCCCCCCCOc1cccc(Br)c1. The first-order valence-corrected chi connectivity index (χ1v) is 8.00. The van der Waals surface area contributed by atoms with Gasteiger partial charge in [0.15, 0.2) is 0 Å². The van der Waals surface area contributed by atoms with Gasteiger partial charge < -0.3 is 4.74 Å². The van der Waals surface area contributed by atoms with Crippen LogP contribution in [-0.2, 0) is 0 Å². The van der Waals surface area contributed by atoms with Gasteiger partial charge in [-0.05, 0) is 24.6 Å². The fourth-order valence-corrected chi connectivity index (χ4v) is 2.36. The molecule has 1 rings (SSSR count). The highest BCUT2D eigenvalue weighted by atomic mass is 79.9. The van der Waals surface area contributed by atoms with E-state index in [2.05, 4.69) is 22.9 Å². The van der Waals surface area contributed by atoms with Gasteiger partial charge in [0.1, 0.15) is 5.75 Å². The average Bonchev–Trinajstić information content (AvgIpc) is 2.37. The molecule has 2 heteroatoms. The zero-order valence-electron chi connectivity index (χ0n) is 11.5. The fourth-order valence-electron chi connectivity index (χ4n) is 1.98. The van der Waals surface area contributed by atoms with E-state index in [1.807, 2.05) is 24.3 Å². The van der Waals surface area contributed by atoms with Gasteiger partial charge in [-0.1, -0.05) is 73.9 Å². The van der Waals surface area contributed by atoms with Gasteiger partial charge in [-0.3, -0.25) is 0 Å². The summed E-state index contributed by atoms with van der Waals surface area (Å²) in [5.74, 6) is 0.965. The van der Waals surface area contributed by atoms with Crippen LogP contribution in [0.4, 0.5) is 0 Å². The third-order valence-corrected chi connectivity index (χ3v) is 3.56. The van der Waals surface area contributed by atoms with Crippen LogP contribution in [-0.4, -0.2) is 6.61 Å². The van der Waals surface area contributed by atoms with E-state index in [0.29, 0.717) is 0 Å². The summed E-state index contributed by atoms with van der Waals surface area (Å²) >= 11 is 3.45. The maximum atomic E-state index is 5.70. The van der Waals surface area contributed by atoms with Gasteiger partial charge in [0.05, 0.1) is 6.61 Å². The van der Waals surface area contributed by atoms with Gasteiger partial charge in [0.2, 0.25) is 0 Å². The Morgan fingerprint density at radius 1 is 0.944 bits per heavy atom. The van der Waals surface area contributed by atoms with Gasteiger partial charge in [-0.2, -0.15) is 0 Å². The number of hydrogen-bond acceptors (Lipinski definition) is 1. The Kier molecular flexibility index (Phi) is 9.01. The Balaban J connectivity index is 1.92. The second kappa shape index (κ2) is 10.4. The Morgan fingerprint density at radius 2 is 1.61 bits per heavy atom. The highest BCUT2D eigenvalue weighted by molar-refractivity contribution is 9.10. The zero-order valence-corrected chi connectivity index (χ0v) is 13.0. The summed E-state index contributed by atoms with van der Waals surface area (Å²) in [7, 11) is 0. The smallest absolute Gasteiger partial charge is 0.120 e. The lowest BCUT2D eigenvalue weighted by molar-refractivity contribution is 0.304. The number of halogens is 1. The Morgan fingerprint density at radius 3 is 2.28 bits per heavy atom. The van der Waals surface area contributed by atoms with Crippen molar-refractivity contribution in [3.05, 3.63) is 28.7 Å². The summed E-state index contributed by atoms with van der Waals surface area (Å²) in [6.07, 6.45) is 10.7. The molecule has 0 heterocycles. The predicted molar refractivity (Wildman–Crippen MR) is 82.2 cm³/mol. The first-order chi connectivity index (χ1) is 8.83. The standard InChI is InChI=1S/C16H25BrO/c1-2-3-4-5-6-7-8-9-13-18-16-12-10-11-15(17)14-16/h10-12,14H,2-9,13H2,1H3. The van der Waals surface area contributed by atoms with Gasteiger partial charge in [-0.25, -0.2) is 0 Å². The highest BCUT2D eigenvalue weighted by Crippen LogP contribution is 2.18. The van der Waals surface area contributed by atoms with Crippen LogP contribution in [0.25, 0.3) is 0 Å². The molecule has 0 radical (unpaired) electrons. The van der Waals surface area contributed by atoms with Crippen molar-refractivity contribution < 1.29 is 4.74 Å². The van der Waals surface area contributed by atoms with Gasteiger partial charge in [-0.15, -0.1) is 0 Å². The minimum absolute atomic E-state index is 0.839. The number of rotatable bonds is 10. The van der Waals surface area contributed by atoms with Crippen LogP contribution < -0.4 is 4.74 Å². The molecule has 18 heavy (non-hydrogen) atoms. The quantitative estimate of drug-likeness (QED) is 0.484. The molecule has 0 amide bonds. The van der Waals surface area contributed by atoms with Crippen molar-refractivity contribution in [2.45, 2.75) is 58.3 Å². The van der Waals surface area contributed by atoms with Crippen molar-refractivity contribution in [2.75, 3.05) is 6.61 Å². The lowest BCUT2D eigenvalue weighted by atomic mass is 10.1. The molecular formula is C16H25BrO. The van der Waals surface area contributed by atoms with Crippen LogP contribution in [0.15, 0.2) is 28.7 Å². The van der Waals surface area contributed by atoms with E-state index in [1.54, 1.807) is 0 Å². The van der Waals surface area contributed by atoms with Crippen LogP contribution in [0, 0.1) is 0 Å². The van der Waals surface area contributed by atoms with Crippen molar-refractivity contribution >= 4 is 15.9 Å². The molecule has 102 valence electrons. The second-order valence-corrected chi connectivity index (χ2v) is 5.70. The van der Waals surface area contributed by atoms with Crippen LogP contribution >= 0.6 is 15.9 Å². The summed E-state index contributed by atoms with van der Waals surface area (Å²) in [6.45, 7) is 3.10. The van der Waals surface area contributed by atoms with Gasteiger partial charge in [0.25, 0.3) is 0 Å². The molecule has 0 saturated carbocycles. The van der Waals surface area contributed by atoms with Crippen molar-refractivity contribution in [3.8, 4) is 5.75 Å². The molecule has 0 aliphatic heterocycles. The number of ether oxygens (including phenoxy) is 1. The first kappa shape index (κ1) is 15.6. The van der Waals surface area contributed by atoms with E-state index < -0.39 is 0 Å². The Hall–Kier alpha value is -0.500. The minimum Gasteiger partial charge on any atom is -0.494 e. The van der Waals surface area contributed by atoms with Gasteiger partial charge in [0, 0.05) is 4.47 Å². The molecule has 1 aromatic rings. The summed E-state index contributed by atoms with van der Waals surface area (Å²) in [5, 5.41) is 0. The lowest BCUT2D eigenvalue weighted by Gasteiger charge is -2.06. The second-order valence-electron chi connectivity index (χ2n) is 4.78. The first-order valence-electron chi connectivity index (χ1n) is 7.21. The van der Waals surface area contributed by atoms with E-state index in [1.165, 1.54) is 51.4 Å². The van der Waals surface area contributed by atoms with Crippen molar-refractivity contribution in [3.63, 3.8) is 0 Å². The van der Waals surface area contributed by atoms with E-state index in [-0.39, 0.29) is 0 Å². The topological polar surface area (TPSA) is 9.23 Å². The highest BCUT2D eigenvalue weighted by Gasteiger charge is 1.95. The number of unbranched alkanes of at least 4 members (excludes halogenated alkanes) is 7.